The molecule has 0 aliphatic heterocycles. The summed E-state index contributed by atoms with van der Waals surface area (Å²) in [5.74, 6) is 1.48. The summed E-state index contributed by atoms with van der Waals surface area (Å²) in [6.07, 6.45) is 3.22. The summed E-state index contributed by atoms with van der Waals surface area (Å²) in [4.78, 5) is 21.4. The minimum absolute atomic E-state index is 0.111. The Bertz CT molecular complexity index is 1220. The summed E-state index contributed by atoms with van der Waals surface area (Å²) in [7, 11) is 0. The van der Waals surface area contributed by atoms with Gasteiger partial charge in [-0.25, -0.2) is 4.98 Å². The number of nitrogens with one attached hydrogen (secondary N) is 1. The number of imidazole rings is 1. The van der Waals surface area contributed by atoms with Crippen molar-refractivity contribution in [1.82, 2.24) is 19.9 Å². The molecule has 1 N–H and O–H groups in total. The third kappa shape index (κ3) is 5.22. The van der Waals surface area contributed by atoms with Gasteiger partial charge in [0.15, 0.2) is 0 Å². The van der Waals surface area contributed by atoms with Crippen LogP contribution in [0.3, 0.4) is 0 Å². The van der Waals surface area contributed by atoms with E-state index in [1.165, 1.54) is 5.56 Å². The first-order valence-electron chi connectivity index (χ1n) is 11.2. The van der Waals surface area contributed by atoms with Crippen molar-refractivity contribution in [3.05, 3.63) is 90.0 Å². The number of fused-ring (bicyclic) bond motifs is 1. The van der Waals surface area contributed by atoms with Crippen LogP contribution in [0.4, 0.5) is 0 Å². The second-order valence-electron chi connectivity index (χ2n) is 9.16. The van der Waals surface area contributed by atoms with E-state index in [0.29, 0.717) is 18.7 Å². The molecule has 33 heavy (non-hydrogen) atoms. The molecule has 4 aromatic rings. The molecule has 170 valence electrons. The van der Waals surface area contributed by atoms with Crippen molar-refractivity contribution >= 4 is 16.9 Å². The number of hydrogen-bond donors (Lipinski definition) is 1. The largest absolute Gasteiger partial charge is 0.492 e. The van der Waals surface area contributed by atoms with E-state index in [1.54, 1.807) is 24.5 Å². The maximum absolute atomic E-state index is 12.7. The Hall–Kier alpha value is -3.67. The van der Waals surface area contributed by atoms with Crippen LogP contribution < -0.4 is 10.1 Å². The van der Waals surface area contributed by atoms with E-state index in [2.05, 4.69) is 47.8 Å². The van der Waals surface area contributed by atoms with Gasteiger partial charge < -0.3 is 14.6 Å². The third-order valence-corrected chi connectivity index (χ3v) is 5.67. The SMILES string of the molecule is CC(NC(=O)c1ccncc1)c1nc2ccccc2n1CCOc1ccc(C(C)(C)C)cc1. The van der Waals surface area contributed by atoms with E-state index in [1.807, 2.05) is 43.3 Å². The smallest absolute Gasteiger partial charge is 0.251 e. The van der Waals surface area contributed by atoms with Gasteiger partial charge in [-0.15, -0.1) is 0 Å². The quantitative estimate of drug-likeness (QED) is 0.422. The fourth-order valence-electron chi connectivity index (χ4n) is 3.81. The Kier molecular flexibility index (Phi) is 6.45. The van der Waals surface area contributed by atoms with Gasteiger partial charge in [-0.3, -0.25) is 9.78 Å². The monoisotopic (exact) mass is 442 g/mol. The second-order valence-corrected chi connectivity index (χ2v) is 9.16. The highest BCUT2D eigenvalue weighted by Gasteiger charge is 2.19. The van der Waals surface area contributed by atoms with E-state index in [9.17, 15) is 4.79 Å². The van der Waals surface area contributed by atoms with Gasteiger partial charge >= 0.3 is 0 Å². The maximum Gasteiger partial charge on any atom is 0.251 e. The van der Waals surface area contributed by atoms with Crippen molar-refractivity contribution < 1.29 is 9.53 Å². The highest BCUT2D eigenvalue weighted by molar-refractivity contribution is 5.94. The van der Waals surface area contributed by atoms with E-state index >= 15 is 0 Å². The molecule has 1 atom stereocenters. The van der Waals surface area contributed by atoms with Crippen LogP contribution in [-0.4, -0.2) is 27.0 Å². The molecule has 0 radical (unpaired) electrons. The zero-order valence-electron chi connectivity index (χ0n) is 19.6. The minimum Gasteiger partial charge on any atom is -0.492 e. The molecule has 0 saturated heterocycles. The van der Waals surface area contributed by atoms with Crippen LogP contribution in [0.1, 0.15) is 55.5 Å². The molecule has 0 bridgehead atoms. The Balaban J connectivity index is 1.50. The molecule has 0 aliphatic rings. The van der Waals surface area contributed by atoms with Gasteiger partial charge in [0.05, 0.1) is 23.6 Å². The lowest BCUT2D eigenvalue weighted by Crippen LogP contribution is -2.29. The number of aromatic nitrogens is 3. The van der Waals surface area contributed by atoms with Crippen molar-refractivity contribution in [1.29, 1.82) is 0 Å². The molecule has 1 unspecified atom stereocenters. The number of rotatable bonds is 7. The van der Waals surface area contributed by atoms with Crippen molar-refractivity contribution in [2.75, 3.05) is 6.61 Å². The summed E-state index contributed by atoms with van der Waals surface area (Å²) in [6.45, 7) is 9.65. The molecule has 2 aromatic carbocycles. The molecule has 6 heteroatoms. The molecule has 0 spiro atoms. The summed E-state index contributed by atoms with van der Waals surface area (Å²) < 4.78 is 8.16. The van der Waals surface area contributed by atoms with Crippen LogP contribution in [0.5, 0.6) is 5.75 Å². The van der Waals surface area contributed by atoms with Crippen LogP contribution in [-0.2, 0) is 12.0 Å². The summed E-state index contributed by atoms with van der Waals surface area (Å²) in [6, 6.07) is 19.4. The predicted octanol–water partition coefficient (Wildman–Crippen LogP) is 5.30. The minimum atomic E-state index is -0.274. The van der Waals surface area contributed by atoms with Crippen molar-refractivity contribution in [3.63, 3.8) is 0 Å². The van der Waals surface area contributed by atoms with Crippen LogP contribution in [0.25, 0.3) is 11.0 Å². The first-order chi connectivity index (χ1) is 15.8. The number of nitrogens with zero attached hydrogens (tertiary/aromatic N) is 3. The van der Waals surface area contributed by atoms with E-state index in [4.69, 9.17) is 9.72 Å². The number of carbonyl (C=O) groups is 1. The zero-order chi connectivity index (χ0) is 23.4. The Labute approximate surface area is 194 Å². The molecule has 6 nitrogen and oxygen atoms in total. The predicted molar refractivity (Wildman–Crippen MR) is 130 cm³/mol. The molecule has 0 aliphatic carbocycles. The van der Waals surface area contributed by atoms with Gasteiger partial charge in [-0.05, 0) is 54.3 Å². The fraction of sp³-hybridized carbons (Fsp3) is 0.296. The average Bonchev–Trinajstić information content (AvgIpc) is 3.18. The van der Waals surface area contributed by atoms with Crippen LogP contribution in [0.15, 0.2) is 73.1 Å². The first-order valence-corrected chi connectivity index (χ1v) is 11.2. The lowest BCUT2D eigenvalue weighted by Gasteiger charge is -2.19. The van der Waals surface area contributed by atoms with Crippen molar-refractivity contribution in [2.24, 2.45) is 0 Å². The van der Waals surface area contributed by atoms with Crippen LogP contribution in [0, 0.1) is 0 Å². The maximum atomic E-state index is 12.7. The standard InChI is InChI=1S/C27H30N4O2/c1-19(29-26(32)20-13-15-28-16-14-20)25-30-23-7-5-6-8-24(23)31(25)17-18-33-22-11-9-21(10-12-22)27(2,3)4/h5-16,19H,17-18H2,1-4H3,(H,29,32). The summed E-state index contributed by atoms with van der Waals surface area (Å²) in [5.41, 5.74) is 3.87. The molecule has 0 fully saturated rings. The van der Waals surface area contributed by atoms with Gasteiger partial charge in [-0.2, -0.15) is 0 Å². The molecular weight excluding hydrogens is 412 g/mol. The van der Waals surface area contributed by atoms with Gasteiger partial charge in [0.25, 0.3) is 5.91 Å². The molecule has 2 aromatic heterocycles. The average molecular weight is 443 g/mol. The van der Waals surface area contributed by atoms with E-state index in [-0.39, 0.29) is 17.4 Å². The first kappa shape index (κ1) is 22.5. The summed E-state index contributed by atoms with van der Waals surface area (Å²) in [5, 5.41) is 3.05. The molecular formula is C27H30N4O2. The molecule has 2 heterocycles. The lowest BCUT2D eigenvalue weighted by atomic mass is 9.87. The number of para-hydroxylation sites is 2. The van der Waals surface area contributed by atoms with Crippen molar-refractivity contribution in [2.45, 2.75) is 45.7 Å². The van der Waals surface area contributed by atoms with Crippen LogP contribution in [0.2, 0.25) is 0 Å². The fourth-order valence-corrected chi connectivity index (χ4v) is 3.81. The zero-order valence-corrected chi connectivity index (χ0v) is 19.6. The lowest BCUT2D eigenvalue weighted by molar-refractivity contribution is 0.0937. The third-order valence-electron chi connectivity index (χ3n) is 5.67. The molecule has 1 amide bonds. The van der Waals surface area contributed by atoms with Gasteiger partial charge in [0.2, 0.25) is 0 Å². The van der Waals surface area contributed by atoms with Gasteiger partial charge in [-0.1, -0.05) is 45.0 Å². The number of benzene rings is 2. The van der Waals surface area contributed by atoms with Crippen LogP contribution >= 0.6 is 0 Å². The number of pyridine rings is 1. The van der Waals surface area contributed by atoms with Gasteiger partial charge in [0, 0.05) is 18.0 Å². The van der Waals surface area contributed by atoms with E-state index in [0.717, 1.165) is 22.6 Å². The number of amides is 1. The Morgan fingerprint density at radius 3 is 2.42 bits per heavy atom. The number of ether oxygens (including phenoxy) is 1. The summed E-state index contributed by atoms with van der Waals surface area (Å²) >= 11 is 0. The van der Waals surface area contributed by atoms with Crippen molar-refractivity contribution in [3.8, 4) is 5.75 Å². The van der Waals surface area contributed by atoms with E-state index < -0.39 is 0 Å². The number of hydrogen-bond acceptors (Lipinski definition) is 4. The second kappa shape index (κ2) is 9.45. The highest BCUT2D eigenvalue weighted by atomic mass is 16.5. The Morgan fingerprint density at radius 1 is 1.03 bits per heavy atom. The molecule has 0 saturated carbocycles. The van der Waals surface area contributed by atoms with Gasteiger partial charge in [0.1, 0.15) is 18.2 Å². The normalized spacial score (nSPS) is 12.5. The number of carbonyl (C=O) groups excluding carboxylic acids is 1. The topological polar surface area (TPSA) is 69.0 Å². The highest BCUT2D eigenvalue weighted by Crippen LogP contribution is 2.25. The Morgan fingerprint density at radius 2 is 1.73 bits per heavy atom. The molecule has 4 rings (SSSR count).